The molecule has 0 aromatic heterocycles. The van der Waals surface area contributed by atoms with E-state index in [9.17, 15) is 4.79 Å². The summed E-state index contributed by atoms with van der Waals surface area (Å²) in [6.45, 7) is 4.69. The van der Waals surface area contributed by atoms with Crippen molar-refractivity contribution in [2.45, 2.75) is 63.6 Å². The molecule has 3 aliphatic rings. The molecule has 2 saturated heterocycles. The van der Waals surface area contributed by atoms with E-state index in [1.807, 2.05) is 6.92 Å². The fourth-order valence-corrected chi connectivity index (χ4v) is 4.15. The molecule has 2 unspecified atom stereocenters. The van der Waals surface area contributed by atoms with Crippen LogP contribution in [0.25, 0.3) is 0 Å². The number of carbonyl (C=O) groups is 1. The van der Waals surface area contributed by atoms with Gasteiger partial charge in [0.25, 0.3) is 0 Å². The Bertz CT molecular complexity index is 359. The van der Waals surface area contributed by atoms with Gasteiger partial charge in [-0.05, 0) is 31.6 Å². The van der Waals surface area contributed by atoms with E-state index in [1.54, 1.807) is 0 Å². The number of carboxylic acids is 1. The Morgan fingerprint density at radius 3 is 2.65 bits per heavy atom. The molecule has 1 saturated carbocycles. The van der Waals surface area contributed by atoms with Gasteiger partial charge in [0.15, 0.2) is 0 Å². The van der Waals surface area contributed by atoms with Gasteiger partial charge >= 0.3 is 5.97 Å². The first-order valence-corrected chi connectivity index (χ1v) is 8.21. The maximum absolute atomic E-state index is 10.9. The molecule has 0 aromatic carbocycles. The molecule has 2 atom stereocenters. The van der Waals surface area contributed by atoms with Gasteiger partial charge in [-0.15, -0.1) is 0 Å². The van der Waals surface area contributed by atoms with E-state index in [4.69, 9.17) is 9.84 Å². The van der Waals surface area contributed by atoms with E-state index in [1.165, 1.54) is 44.9 Å². The van der Waals surface area contributed by atoms with E-state index >= 15 is 0 Å². The molecule has 114 valence electrons. The van der Waals surface area contributed by atoms with Gasteiger partial charge in [-0.25, -0.2) is 0 Å². The molecular formula is C16H27NO3. The number of hydrogen-bond acceptors (Lipinski definition) is 3. The predicted octanol–water partition coefficient (Wildman–Crippen LogP) is 2.52. The summed E-state index contributed by atoms with van der Waals surface area (Å²) in [6.07, 6.45) is 9.34. The quantitative estimate of drug-likeness (QED) is 0.860. The molecule has 1 N–H and O–H groups in total. The summed E-state index contributed by atoms with van der Waals surface area (Å²) >= 11 is 0. The highest BCUT2D eigenvalue weighted by molar-refractivity contribution is 5.70. The molecule has 1 aliphatic carbocycles. The van der Waals surface area contributed by atoms with Crippen molar-refractivity contribution in [3.63, 3.8) is 0 Å². The van der Waals surface area contributed by atoms with E-state index in [0.717, 1.165) is 19.6 Å². The number of hydrogen-bond donors (Lipinski definition) is 1. The van der Waals surface area contributed by atoms with Crippen LogP contribution in [0.5, 0.6) is 0 Å². The standard InChI is InChI=1S/C16H27NO3/c1-12(15(18)19)13-9-17(10-13)11-14-5-8-16(20-14)6-3-2-4-7-16/h12-14H,2-11H2,1H3,(H,18,19). The molecule has 2 aliphatic heterocycles. The van der Waals surface area contributed by atoms with E-state index in [0.29, 0.717) is 12.0 Å². The number of ether oxygens (including phenoxy) is 1. The fourth-order valence-electron chi connectivity index (χ4n) is 4.15. The van der Waals surface area contributed by atoms with Crippen LogP contribution in [0.4, 0.5) is 0 Å². The smallest absolute Gasteiger partial charge is 0.306 e. The van der Waals surface area contributed by atoms with Crippen LogP contribution in [-0.2, 0) is 9.53 Å². The fraction of sp³-hybridized carbons (Fsp3) is 0.938. The second-order valence-corrected chi connectivity index (χ2v) is 7.13. The minimum absolute atomic E-state index is 0.208. The Morgan fingerprint density at radius 2 is 2.00 bits per heavy atom. The zero-order valence-electron chi connectivity index (χ0n) is 12.5. The number of nitrogens with zero attached hydrogens (tertiary/aromatic N) is 1. The van der Waals surface area contributed by atoms with Crippen molar-refractivity contribution in [3.05, 3.63) is 0 Å². The molecule has 0 aromatic rings. The largest absolute Gasteiger partial charge is 0.481 e. The maximum Gasteiger partial charge on any atom is 0.306 e. The van der Waals surface area contributed by atoms with Gasteiger partial charge in [0.1, 0.15) is 0 Å². The first-order chi connectivity index (χ1) is 9.58. The zero-order chi connectivity index (χ0) is 14.2. The van der Waals surface area contributed by atoms with Crippen molar-refractivity contribution in [2.24, 2.45) is 11.8 Å². The van der Waals surface area contributed by atoms with Crippen LogP contribution >= 0.6 is 0 Å². The number of likely N-dealkylation sites (tertiary alicyclic amines) is 1. The van der Waals surface area contributed by atoms with Crippen molar-refractivity contribution in [1.82, 2.24) is 4.90 Å². The molecule has 3 rings (SSSR count). The summed E-state index contributed by atoms with van der Waals surface area (Å²) in [7, 11) is 0. The van der Waals surface area contributed by atoms with Gasteiger partial charge in [0.2, 0.25) is 0 Å². The lowest BCUT2D eigenvalue weighted by Crippen LogP contribution is -2.53. The monoisotopic (exact) mass is 281 g/mol. The Morgan fingerprint density at radius 1 is 1.30 bits per heavy atom. The Kier molecular flexibility index (Phi) is 4.04. The molecule has 4 heteroatoms. The predicted molar refractivity (Wildman–Crippen MR) is 76.7 cm³/mol. The summed E-state index contributed by atoms with van der Waals surface area (Å²) in [5.74, 6) is -0.536. The summed E-state index contributed by atoms with van der Waals surface area (Å²) in [5.41, 5.74) is 0.210. The van der Waals surface area contributed by atoms with Crippen molar-refractivity contribution in [1.29, 1.82) is 0 Å². The summed E-state index contributed by atoms with van der Waals surface area (Å²) in [4.78, 5) is 13.3. The SMILES string of the molecule is CC(C(=O)O)C1CN(CC2CCC3(CCCCC3)O2)C1. The van der Waals surface area contributed by atoms with Crippen LogP contribution in [0.1, 0.15) is 51.9 Å². The van der Waals surface area contributed by atoms with Crippen LogP contribution in [0.3, 0.4) is 0 Å². The summed E-state index contributed by atoms with van der Waals surface area (Å²) in [5, 5.41) is 9.01. The summed E-state index contributed by atoms with van der Waals surface area (Å²) < 4.78 is 6.38. The third-order valence-electron chi connectivity index (χ3n) is 5.65. The number of aliphatic carboxylic acids is 1. The highest BCUT2D eigenvalue weighted by atomic mass is 16.5. The van der Waals surface area contributed by atoms with Crippen molar-refractivity contribution < 1.29 is 14.6 Å². The van der Waals surface area contributed by atoms with Gasteiger partial charge in [0.05, 0.1) is 17.6 Å². The maximum atomic E-state index is 10.9. The Hall–Kier alpha value is -0.610. The first kappa shape index (κ1) is 14.3. The van der Waals surface area contributed by atoms with E-state index < -0.39 is 5.97 Å². The molecule has 4 nitrogen and oxygen atoms in total. The first-order valence-electron chi connectivity index (χ1n) is 8.21. The lowest BCUT2D eigenvalue weighted by atomic mass is 9.83. The Balaban J connectivity index is 1.42. The van der Waals surface area contributed by atoms with E-state index in [-0.39, 0.29) is 11.5 Å². The lowest BCUT2D eigenvalue weighted by molar-refractivity contribution is -0.146. The average molecular weight is 281 g/mol. The third kappa shape index (κ3) is 2.86. The Labute approximate surface area is 121 Å². The molecule has 20 heavy (non-hydrogen) atoms. The van der Waals surface area contributed by atoms with Crippen molar-refractivity contribution >= 4 is 5.97 Å². The van der Waals surface area contributed by atoms with Crippen LogP contribution in [-0.4, -0.2) is 47.3 Å². The molecule has 0 bridgehead atoms. The van der Waals surface area contributed by atoms with Gasteiger partial charge in [0, 0.05) is 19.6 Å². The van der Waals surface area contributed by atoms with Crippen molar-refractivity contribution in [3.8, 4) is 0 Å². The van der Waals surface area contributed by atoms with Gasteiger partial charge < -0.3 is 14.7 Å². The van der Waals surface area contributed by atoms with E-state index in [2.05, 4.69) is 4.90 Å². The molecule has 3 fully saturated rings. The molecule has 1 spiro atoms. The van der Waals surface area contributed by atoms with Gasteiger partial charge in [-0.2, -0.15) is 0 Å². The van der Waals surface area contributed by atoms with Crippen LogP contribution < -0.4 is 0 Å². The molecule has 2 heterocycles. The van der Waals surface area contributed by atoms with Crippen LogP contribution in [0.15, 0.2) is 0 Å². The minimum atomic E-state index is -0.659. The second kappa shape index (κ2) is 5.64. The van der Waals surface area contributed by atoms with Crippen LogP contribution in [0, 0.1) is 11.8 Å². The summed E-state index contributed by atoms with van der Waals surface area (Å²) in [6, 6.07) is 0. The second-order valence-electron chi connectivity index (χ2n) is 7.13. The third-order valence-corrected chi connectivity index (χ3v) is 5.65. The highest BCUT2D eigenvalue weighted by Gasteiger charge is 2.43. The lowest BCUT2D eigenvalue weighted by Gasteiger charge is -2.42. The molecule has 0 amide bonds. The number of rotatable bonds is 4. The number of carboxylic acid groups (broad SMARTS) is 1. The van der Waals surface area contributed by atoms with Gasteiger partial charge in [-0.3, -0.25) is 4.79 Å². The topological polar surface area (TPSA) is 49.8 Å². The average Bonchev–Trinajstić information content (AvgIpc) is 2.76. The zero-order valence-corrected chi connectivity index (χ0v) is 12.5. The normalized spacial score (nSPS) is 32.1. The highest BCUT2D eigenvalue weighted by Crippen LogP contribution is 2.42. The van der Waals surface area contributed by atoms with Gasteiger partial charge in [-0.1, -0.05) is 26.2 Å². The van der Waals surface area contributed by atoms with Crippen molar-refractivity contribution in [2.75, 3.05) is 19.6 Å². The molecule has 0 radical (unpaired) electrons. The minimum Gasteiger partial charge on any atom is -0.481 e. The van der Waals surface area contributed by atoms with Crippen LogP contribution in [0.2, 0.25) is 0 Å². The molecular weight excluding hydrogens is 254 g/mol.